The van der Waals surface area contributed by atoms with Gasteiger partial charge in [-0.05, 0) is 35.4 Å². The minimum Gasteiger partial charge on any atom is -0.489 e. The molecular formula is C22H16Cl2N8O. The lowest BCUT2D eigenvalue weighted by Crippen LogP contribution is -2.32. The van der Waals surface area contributed by atoms with E-state index < -0.39 is 6.04 Å². The summed E-state index contributed by atoms with van der Waals surface area (Å²) in [5, 5.41) is 24.8. The highest BCUT2D eigenvalue weighted by Gasteiger charge is 2.29. The summed E-state index contributed by atoms with van der Waals surface area (Å²) in [4.78, 5) is 8.79. The van der Waals surface area contributed by atoms with E-state index in [0.29, 0.717) is 32.7 Å². The maximum Gasteiger partial charge on any atom is 0.211 e. The summed E-state index contributed by atoms with van der Waals surface area (Å²) in [5.74, 6) is 1.04. The van der Waals surface area contributed by atoms with Crippen molar-refractivity contribution in [2.24, 2.45) is 4.99 Å². The summed E-state index contributed by atoms with van der Waals surface area (Å²) in [7, 11) is 0. The van der Waals surface area contributed by atoms with Gasteiger partial charge >= 0.3 is 0 Å². The van der Waals surface area contributed by atoms with Crippen molar-refractivity contribution in [3.63, 3.8) is 0 Å². The molecule has 11 heteroatoms. The Morgan fingerprint density at radius 1 is 1.12 bits per heavy atom. The van der Waals surface area contributed by atoms with Crippen LogP contribution < -0.4 is 26.8 Å². The van der Waals surface area contributed by atoms with Crippen molar-refractivity contribution in [2.75, 3.05) is 16.8 Å². The maximum atomic E-state index is 9.45. The summed E-state index contributed by atoms with van der Waals surface area (Å²) < 4.78 is 5.92. The molecular weight excluding hydrogens is 463 g/mol. The van der Waals surface area contributed by atoms with Crippen molar-refractivity contribution < 1.29 is 4.74 Å². The molecule has 0 fully saturated rings. The second kappa shape index (κ2) is 9.13. The zero-order chi connectivity index (χ0) is 23.5. The molecule has 1 atom stereocenters. The van der Waals surface area contributed by atoms with Gasteiger partial charge in [0.25, 0.3) is 0 Å². The summed E-state index contributed by atoms with van der Waals surface area (Å²) in [6.45, 7) is 0.270. The van der Waals surface area contributed by atoms with Crippen LogP contribution in [-0.2, 0) is 6.61 Å². The molecule has 2 aromatic carbocycles. The number of ether oxygens (including phenoxy) is 1. The number of anilines is 3. The van der Waals surface area contributed by atoms with Gasteiger partial charge in [-0.3, -0.25) is 5.32 Å². The molecule has 0 aliphatic carbocycles. The number of nitrogens with one attached hydrogen (secondary N) is 2. The molecule has 1 aliphatic heterocycles. The fourth-order valence-electron chi connectivity index (χ4n) is 3.39. The molecule has 0 saturated heterocycles. The summed E-state index contributed by atoms with van der Waals surface area (Å²) >= 11 is 12.0. The second-order valence-corrected chi connectivity index (χ2v) is 7.83. The largest absolute Gasteiger partial charge is 0.489 e. The fourth-order valence-corrected chi connectivity index (χ4v) is 3.71. The van der Waals surface area contributed by atoms with Gasteiger partial charge in [0.15, 0.2) is 6.19 Å². The Bertz CT molecular complexity index is 1360. The number of nitrogens with zero attached hydrogens (tertiary/aromatic N) is 4. The number of aromatic nitrogens is 1. The van der Waals surface area contributed by atoms with Crippen molar-refractivity contribution in [2.45, 2.75) is 12.6 Å². The first-order valence-electron chi connectivity index (χ1n) is 9.56. The molecule has 3 aromatic rings. The highest BCUT2D eigenvalue weighted by Crippen LogP contribution is 2.41. The third-order valence-electron chi connectivity index (χ3n) is 4.92. The number of nitrogens with two attached hydrogens (primary N) is 2. The van der Waals surface area contributed by atoms with E-state index in [9.17, 15) is 5.26 Å². The summed E-state index contributed by atoms with van der Waals surface area (Å²) in [6, 6.07) is 13.8. The standard InChI is InChI=1S/C22H16Cl2N8O/c23-15-5-4-11(6-16(15)24)9-33-13-3-1-2-12(7-13)19-17-18(27)14(8-25)20(28)31-21(17)32-22(30-19)29-10-26/h1-7,19H,9H2,(H6,27,28,29,30,31,32). The predicted molar refractivity (Wildman–Crippen MR) is 127 cm³/mol. The molecule has 6 N–H and O–H groups in total. The van der Waals surface area contributed by atoms with Gasteiger partial charge in [-0.1, -0.05) is 41.4 Å². The number of rotatable bonds is 4. The van der Waals surface area contributed by atoms with E-state index in [2.05, 4.69) is 20.6 Å². The molecule has 1 aromatic heterocycles. The van der Waals surface area contributed by atoms with Crippen LogP contribution in [-0.4, -0.2) is 10.9 Å². The van der Waals surface area contributed by atoms with Gasteiger partial charge < -0.3 is 21.5 Å². The predicted octanol–water partition coefficient (Wildman–Crippen LogP) is 3.95. The number of fused-ring (bicyclic) bond motifs is 1. The Morgan fingerprint density at radius 2 is 1.94 bits per heavy atom. The maximum absolute atomic E-state index is 9.45. The summed E-state index contributed by atoms with van der Waals surface area (Å²) in [5.41, 5.74) is 14.4. The van der Waals surface area contributed by atoms with Gasteiger partial charge in [0.2, 0.25) is 5.96 Å². The summed E-state index contributed by atoms with van der Waals surface area (Å²) in [6.07, 6.45) is 1.82. The fraction of sp³-hybridized carbons (Fsp3) is 0.0909. The van der Waals surface area contributed by atoms with Crippen molar-refractivity contribution in [1.29, 1.82) is 10.5 Å². The molecule has 2 heterocycles. The van der Waals surface area contributed by atoms with Crippen molar-refractivity contribution in [1.82, 2.24) is 10.3 Å². The number of hydrogen-bond acceptors (Lipinski definition) is 9. The number of pyridine rings is 1. The first kappa shape index (κ1) is 22.0. The molecule has 4 rings (SSSR count). The average molecular weight is 479 g/mol. The number of halogens is 2. The molecule has 0 amide bonds. The number of nitrogen functional groups attached to an aromatic ring is 2. The zero-order valence-corrected chi connectivity index (χ0v) is 18.4. The lowest BCUT2D eigenvalue weighted by atomic mass is 9.95. The first-order chi connectivity index (χ1) is 15.9. The van der Waals surface area contributed by atoms with Crippen LogP contribution in [0, 0.1) is 22.8 Å². The Kier molecular flexibility index (Phi) is 6.09. The van der Waals surface area contributed by atoms with Crippen LogP contribution in [0.15, 0.2) is 47.5 Å². The monoisotopic (exact) mass is 478 g/mol. The van der Waals surface area contributed by atoms with Crippen LogP contribution in [0.25, 0.3) is 0 Å². The highest BCUT2D eigenvalue weighted by atomic mass is 35.5. The Balaban J connectivity index is 1.70. The van der Waals surface area contributed by atoms with Crippen molar-refractivity contribution in [3.8, 4) is 18.0 Å². The van der Waals surface area contributed by atoms with Gasteiger partial charge in [0.1, 0.15) is 41.7 Å². The molecule has 1 aliphatic rings. The van der Waals surface area contributed by atoms with Crippen LogP contribution in [0.3, 0.4) is 0 Å². The smallest absolute Gasteiger partial charge is 0.211 e. The van der Waals surface area contributed by atoms with E-state index in [0.717, 1.165) is 5.56 Å². The second-order valence-electron chi connectivity index (χ2n) is 7.01. The SMILES string of the molecule is N#CNC1=NC(c2cccc(OCc3ccc(Cl)c(Cl)c3)c2)c2c(nc(N)c(C#N)c2N)N1. The molecule has 0 saturated carbocycles. The molecule has 1 unspecified atom stereocenters. The minimum absolute atomic E-state index is 0.0167. The molecule has 0 bridgehead atoms. The number of guanidine groups is 1. The Hall–Kier alpha value is -4.18. The van der Waals surface area contributed by atoms with Crippen molar-refractivity contribution in [3.05, 3.63) is 74.8 Å². The first-order valence-corrected chi connectivity index (χ1v) is 10.3. The Morgan fingerprint density at radius 3 is 2.67 bits per heavy atom. The van der Waals surface area contributed by atoms with E-state index in [1.807, 2.05) is 24.4 Å². The van der Waals surface area contributed by atoms with Gasteiger partial charge in [0.05, 0.1) is 15.7 Å². The number of hydrogen-bond donors (Lipinski definition) is 4. The van der Waals surface area contributed by atoms with Crippen LogP contribution in [0.5, 0.6) is 5.75 Å². The quantitative estimate of drug-likeness (QED) is 0.324. The molecule has 164 valence electrons. The lowest BCUT2D eigenvalue weighted by Gasteiger charge is -2.26. The van der Waals surface area contributed by atoms with Gasteiger partial charge in [0, 0.05) is 5.56 Å². The van der Waals surface area contributed by atoms with E-state index >= 15 is 0 Å². The third kappa shape index (κ3) is 4.41. The zero-order valence-electron chi connectivity index (χ0n) is 16.9. The number of aliphatic imine (C=N–C) groups is 1. The minimum atomic E-state index is -0.661. The molecule has 0 radical (unpaired) electrons. The topological polar surface area (TPSA) is 158 Å². The van der Waals surface area contributed by atoms with E-state index in [1.54, 1.807) is 30.3 Å². The molecule has 0 spiro atoms. The van der Waals surface area contributed by atoms with Gasteiger partial charge in [-0.2, -0.15) is 10.5 Å². The van der Waals surface area contributed by atoms with E-state index in [4.69, 9.17) is 44.7 Å². The number of benzene rings is 2. The van der Waals surface area contributed by atoms with Crippen LogP contribution in [0.1, 0.15) is 28.3 Å². The van der Waals surface area contributed by atoms with Crippen LogP contribution in [0.2, 0.25) is 10.0 Å². The van der Waals surface area contributed by atoms with Crippen LogP contribution in [0.4, 0.5) is 17.3 Å². The molecule has 9 nitrogen and oxygen atoms in total. The van der Waals surface area contributed by atoms with Gasteiger partial charge in [-0.15, -0.1) is 0 Å². The van der Waals surface area contributed by atoms with E-state index in [1.165, 1.54) is 0 Å². The third-order valence-corrected chi connectivity index (χ3v) is 5.66. The van der Waals surface area contributed by atoms with Gasteiger partial charge in [-0.25, -0.2) is 9.98 Å². The lowest BCUT2D eigenvalue weighted by molar-refractivity contribution is 0.306. The van der Waals surface area contributed by atoms with Crippen molar-refractivity contribution >= 4 is 46.5 Å². The highest BCUT2D eigenvalue weighted by molar-refractivity contribution is 6.42. The normalized spacial score (nSPS) is 14.2. The average Bonchev–Trinajstić information content (AvgIpc) is 2.80. The molecule has 33 heavy (non-hydrogen) atoms. The number of nitriles is 2. The Labute approximate surface area is 199 Å². The van der Waals surface area contributed by atoms with Crippen LogP contribution >= 0.6 is 23.2 Å². The van der Waals surface area contributed by atoms with E-state index in [-0.39, 0.29) is 29.6 Å².